The number of rotatable bonds is 10. The molecular weight excluding hydrogens is 310 g/mol. The van der Waals surface area contributed by atoms with E-state index >= 15 is 0 Å². The van der Waals surface area contributed by atoms with E-state index in [1.807, 2.05) is 43.3 Å². The molecule has 0 amide bonds. The Morgan fingerprint density at radius 3 is 2.12 bits per heavy atom. The topological polar surface area (TPSA) is 41.5 Å². The lowest BCUT2D eigenvalue weighted by molar-refractivity contribution is -0.0384. The highest BCUT2D eigenvalue weighted by Crippen LogP contribution is 2.27. The molecular formula is C22H31NO2. The van der Waals surface area contributed by atoms with Crippen molar-refractivity contribution in [1.82, 2.24) is 5.32 Å². The van der Waals surface area contributed by atoms with Crippen molar-refractivity contribution in [1.29, 1.82) is 0 Å². The molecule has 0 spiro atoms. The summed E-state index contributed by atoms with van der Waals surface area (Å²) in [5.74, 6) is 0.129. The highest BCUT2D eigenvalue weighted by molar-refractivity contribution is 5.18. The zero-order valence-corrected chi connectivity index (χ0v) is 15.6. The number of hydrogen-bond donors (Lipinski definition) is 2. The van der Waals surface area contributed by atoms with Gasteiger partial charge in [0.15, 0.2) is 0 Å². The van der Waals surface area contributed by atoms with Gasteiger partial charge >= 0.3 is 0 Å². The molecule has 2 rings (SSSR count). The maximum atomic E-state index is 11.3. The Hall–Kier alpha value is -1.68. The number of benzene rings is 2. The van der Waals surface area contributed by atoms with E-state index in [4.69, 9.17) is 4.74 Å². The van der Waals surface area contributed by atoms with E-state index < -0.39 is 5.60 Å². The molecule has 0 fully saturated rings. The van der Waals surface area contributed by atoms with Crippen LogP contribution in [0.5, 0.6) is 0 Å². The SMILES string of the molecule is COCCC(C)C(C)(O)C(Cc1ccccc1)NCc1ccccc1. The molecule has 0 saturated carbocycles. The minimum atomic E-state index is -0.830. The Balaban J connectivity index is 2.12. The molecule has 3 unspecified atom stereocenters. The van der Waals surface area contributed by atoms with Crippen LogP contribution in [0.15, 0.2) is 60.7 Å². The van der Waals surface area contributed by atoms with Crippen LogP contribution in [-0.4, -0.2) is 30.5 Å². The van der Waals surface area contributed by atoms with Crippen LogP contribution in [0.3, 0.4) is 0 Å². The van der Waals surface area contributed by atoms with Gasteiger partial charge in [-0.2, -0.15) is 0 Å². The van der Waals surface area contributed by atoms with Gasteiger partial charge in [-0.3, -0.25) is 0 Å². The average molecular weight is 341 g/mol. The van der Waals surface area contributed by atoms with Gasteiger partial charge in [-0.1, -0.05) is 67.6 Å². The maximum absolute atomic E-state index is 11.3. The van der Waals surface area contributed by atoms with Crippen molar-refractivity contribution in [2.75, 3.05) is 13.7 Å². The summed E-state index contributed by atoms with van der Waals surface area (Å²) in [5.41, 5.74) is 1.62. The van der Waals surface area contributed by atoms with Crippen molar-refractivity contribution < 1.29 is 9.84 Å². The fraction of sp³-hybridized carbons (Fsp3) is 0.455. The number of hydrogen-bond acceptors (Lipinski definition) is 3. The first-order valence-electron chi connectivity index (χ1n) is 9.06. The molecule has 0 aromatic heterocycles. The lowest BCUT2D eigenvalue weighted by atomic mass is 9.79. The highest BCUT2D eigenvalue weighted by atomic mass is 16.5. The van der Waals surface area contributed by atoms with E-state index in [0.29, 0.717) is 6.61 Å². The summed E-state index contributed by atoms with van der Waals surface area (Å²) in [4.78, 5) is 0. The predicted molar refractivity (Wildman–Crippen MR) is 103 cm³/mol. The monoisotopic (exact) mass is 341 g/mol. The third kappa shape index (κ3) is 5.96. The lowest BCUT2D eigenvalue weighted by Crippen LogP contribution is -2.54. The fourth-order valence-corrected chi connectivity index (χ4v) is 3.10. The zero-order valence-electron chi connectivity index (χ0n) is 15.6. The Labute approximate surface area is 152 Å². The van der Waals surface area contributed by atoms with Gasteiger partial charge in [-0.15, -0.1) is 0 Å². The zero-order chi connectivity index (χ0) is 18.1. The first kappa shape index (κ1) is 19.6. The van der Waals surface area contributed by atoms with Crippen molar-refractivity contribution in [3.63, 3.8) is 0 Å². The van der Waals surface area contributed by atoms with E-state index in [1.165, 1.54) is 11.1 Å². The Kier molecular flexibility index (Phi) is 7.63. The molecule has 0 radical (unpaired) electrons. The Morgan fingerprint density at radius 1 is 1.00 bits per heavy atom. The largest absolute Gasteiger partial charge is 0.388 e. The quantitative estimate of drug-likeness (QED) is 0.690. The summed E-state index contributed by atoms with van der Waals surface area (Å²) in [6.45, 7) is 5.44. The molecule has 0 bridgehead atoms. The summed E-state index contributed by atoms with van der Waals surface area (Å²) >= 11 is 0. The van der Waals surface area contributed by atoms with E-state index in [2.05, 4.69) is 36.5 Å². The van der Waals surface area contributed by atoms with Gasteiger partial charge in [0, 0.05) is 26.3 Å². The van der Waals surface area contributed by atoms with Crippen LogP contribution in [0.4, 0.5) is 0 Å². The second-order valence-electron chi connectivity index (χ2n) is 7.02. The van der Waals surface area contributed by atoms with Gasteiger partial charge in [0.1, 0.15) is 0 Å². The molecule has 2 aromatic carbocycles. The van der Waals surface area contributed by atoms with Gasteiger partial charge in [0.2, 0.25) is 0 Å². The fourth-order valence-electron chi connectivity index (χ4n) is 3.10. The van der Waals surface area contributed by atoms with Gasteiger partial charge in [-0.05, 0) is 36.8 Å². The van der Waals surface area contributed by atoms with Crippen LogP contribution in [0.25, 0.3) is 0 Å². The van der Waals surface area contributed by atoms with Gasteiger partial charge in [-0.25, -0.2) is 0 Å². The number of ether oxygens (including phenoxy) is 1. The van der Waals surface area contributed by atoms with Gasteiger partial charge < -0.3 is 15.2 Å². The molecule has 0 aliphatic carbocycles. The smallest absolute Gasteiger partial charge is 0.0801 e. The summed E-state index contributed by atoms with van der Waals surface area (Å²) in [5, 5.41) is 14.9. The second-order valence-corrected chi connectivity index (χ2v) is 7.02. The third-order valence-corrected chi connectivity index (χ3v) is 5.14. The predicted octanol–water partition coefficient (Wildman–Crippen LogP) is 3.81. The second kappa shape index (κ2) is 9.71. The summed E-state index contributed by atoms with van der Waals surface area (Å²) in [6, 6.07) is 20.6. The molecule has 3 heteroatoms. The van der Waals surface area contributed by atoms with Gasteiger partial charge in [0.25, 0.3) is 0 Å². The molecule has 0 saturated heterocycles. The first-order valence-corrected chi connectivity index (χ1v) is 9.06. The average Bonchev–Trinajstić information content (AvgIpc) is 2.64. The third-order valence-electron chi connectivity index (χ3n) is 5.14. The number of nitrogens with one attached hydrogen (secondary N) is 1. The Bertz CT molecular complexity index is 598. The van der Waals surface area contributed by atoms with Gasteiger partial charge in [0.05, 0.1) is 5.60 Å². The van der Waals surface area contributed by atoms with Crippen LogP contribution in [0, 0.1) is 5.92 Å². The van der Waals surface area contributed by atoms with Crippen molar-refractivity contribution in [2.45, 2.75) is 44.9 Å². The minimum Gasteiger partial charge on any atom is -0.388 e. The lowest BCUT2D eigenvalue weighted by Gasteiger charge is -2.39. The number of aliphatic hydroxyl groups is 1. The van der Waals surface area contributed by atoms with Crippen LogP contribution >= 0.6 is 0 Å². The van der Waals surface area contributed by atoms with Crippen LogP contribution < -0.4 is 5.32 Å². The minimum absolute atomic E-state index is 0.0398. The summed E-state index contributed by atoms with van der Waals surface area (Å²) < 4.78 is 5.20. The number of methoxy groups -OCH3 is 1. The maximum Gasteiger partial charge on any atom is 0.0801 e. The molecule has 136 valence electrons. The van der Waals surface area contributed by atoms with Crippen molar-refractivity contribution in [3.05, 3.63) is 71.8 Å². The molecule has 3 atom stereocenters. The van der Waals surface area contributed by atoms with Crippen molar-refractivity contribution in [3.8, 4) is 0 Å². The van der Waals surface area contributed by atoms with Crippen LogP contribution in [-0.2, 0) is 17.7 Å². The van der Waals surface area contributed by atoms with E-state index in [-0.39, 0.29) is 12.0 Å². The first-order chi connectivity index (χ1) is 12.0. The molecule has 2 aromatic rings. The summed E-state index contributed by atoms with van der Waals surface area (Å²) in [7, 11) is 1.70. The highest BCUT2D eigenvalue weighted by Gasteiger charge is 2.36. The normalized spacial score (nSPS) is 16.2. The van der Waals surface area contributed by atoms with Crippen LogP contribution in [0.2, 0.25) is 0 Å². The van der Waals surface area contributed by atoms with Crippen molar-refractivity contribution in [2.24, 2.45) is 5.92 Å². The molecule has 2 N–H and O–H groups in total. The van der Waals surface area contributed by atoms with Crippen molar-refractivity contribution >= 4 is 0 Å². The Morgan fingerprint density at radius 2 is 1.56 bits per heavy atom. The van der Waals surface area contributed by atoms with Crippen LogP contribution in [0.1, 0.15) is 31.4 Å². The molecule has 3 nitrogen and oxygen atoms in total. The molecule has 0 heterocycles. The molecule has 0 aliphatic rings. The van der Waals surface area contributed by atoms with E-state index in [0.717, 1.165) is 19.4 Å². The summed E-state index contributed by atoms with van der Waals surface area (Å²) in [6.07, 6.45) is 1.62. The van der Waals surface area contributed by atoms with E-state index in [1.54, 1.807) is 7.11 Å². The molecule has 25 heavy (non-hydrogen) atoms. The van der Waals surface area contributed by atoms with E-state index in [9.17, 15) is 5.11 Å². The standard InChI is InChI=1S/C22H31NO2/c1-18(14-15-25-3)22(2,24)21(16-19-10-6-4-7-11-19)23-17-20-12-8-5-9-13-20/h4-13,18,21,23-24H,14-17H2,1-3H3. The molecule has 0 aliphatic heterocycles.